The van der Waals surface area contributed by atoms with Gasteiger partial charge in [0.15, 0.2) is 5.13 Å². The Balaban J connectivity index is 1.50. The van der Waals surface area contributed by atoms with E-state index in [1.807, 2.05) is 54.6 Å². The van der Waals surface area contributed by atoms with Crippen LogP contribution in [0.15, 0.2) is 85.5 Å². The van der Waals surface area contributed by atoms with Crippen molar-refractivity contribution in [3.8, 4) is 0 Å². The van der Waals surface area contributed by atoms with Crippen LogP contribution < -0.4 is 4.90 Å². The lowest BCUT2D eigenvalue weighted by Gasteiger charge is -2.20. The molecular weight excluding hydrogens is 446 g/mol. The molecule has 5 rings (SSSR count). The van der Waals surface area contributed by atoms with E-state index in [0.717, 1.165) is 20.7 Å². The second-order valence-electron chi connectivity index (χ2n) is 7.93. The van der Waals surface area contributed by atoms with Gasteiger partial charge in [-0.05, 0) is 42.3 Å². The van der Waals surface area contributed by atoms with Crippen molar-refractivity contribution in [1.82, 2.24) is 9.88 Å². The van der Waals surface area contributed by atoms with Crippen LogP contribution in [-0.4, -0.2) is 40.7 Å². The summed E-state index contributed by atoms with van der Waals surface area (Å²) < 4.78 is 0.991. The highest BCUT2D eigenvalue weighted by atomic mass is 32.1. The molecule has 0 saturated carbocycles. The topological polar surface area (TPSA) is 70.6 Å². The summed E-state index contributed by atoms with van der Waals surface area (Å²) in [5.41, 5.74) is 2.82. The molecular formula is C27H21N3O3S. The van der Waals surface area contributed by atoms with Gasteiger partial charge in [0, 0.05) is 18.7 Å². The maximum absolute atomic E-state index is 13.7. The van der Waals surface area contributed by atoms with Crippen molar-refractivity contribution in [1.29, 1.82) is 0 Å². The van der Waals surface area contributed by atoms with E-state index in [1.54, 1.807) is 17.0 Å². The lowest BCUT2D eigenvalue weighted by Crippen LogP contribution is -2.33. The van der Waals surface area contributed by atoms with E-state index < -0.39 is 5.91 Å². The Morgan fingerprint density at radius 1 is 0.971 bits per heavy atom. The van der Waals surface area contributed by atoms with Crippen LogP contribution in [0.3, 0.4) is 0 Å². The van der Waals surface area contributed by atoms with Gasteiger partial charge in [-0.15, -0.1) is 6.58 Å². The van der Waals surface area contributed by atoms with Gasteiger partial charge in [0.2, 0.25) is 0 Å². The molecule has 4 aromatic rings. The highest BCUT2D eigenvalue weighted by molar-refractivity contribution is 7.22. The first-order chi connectivity index (χ1) is 16.6. The van der Waals surface area contributed by atoms with Crippen LogP contribution in [0.5, 0.6) is 0 Å². The van der Waals surface area contributed by atoms with E-state index in [1.165, 1.54) is 23.5 Å². The highest BCUT2D eigenvalue weighted by Crippen LogP contribution is 2.31. The zero-order valence-electron chi connectivity index (χ0n) is 18.3. The van der Waals surface area contributed by atoms with Gasteiger partial charge >= 0.3 is 0 Å². The molecule has 0 fully saturated rings. The number of anilines is 1. The summed E-state index contributed by atoms with van der Waals surface area (Å²) in [6.07, 6.45) is 2.16. The van der Waals surface area contributed by atoms with Gasteiger partial charge in [0.1, 0.15) is 0 Å². The summed E-state index contributed by atoms with van der Waals surface area (Å²) in [5, 5.41) is 0.596. The van der Waals surface area contributed by atoms with Crippen molar-refractivity contribution >= 4 is 44.4 Å². The summed E-state index contributed by atoms with van der Waals surface area (Å²) in [7, 11) is 0. The van der Waals surface area contributed by atoms with Crippen LogP contribution in [0.25, 0.3) is 10.2 Å². The van der Waals surface area contributed by atoms with Crippen molar-refractivity contribution in [3.63, 3.8) is 0 Å². The molecule has 1 aliphatic heterocycles. The highest BCUT2D eigenvalue weighted by Gasteiger charge is 2.35. The zero-order valence-corrected chi connectivity index (χ0v) is 19.1. The first kappa shape index (κ1) is 21.7. The fraction of sp³-hybridized carbons (Fsp3) is 0.111. The Morgan fingerprint density at radius 2 is 1.71 bits per heavy atom. The summed E-state index contributed by atoms with van der Waals surface area (Å²) >= 11 is 1.45. The molecule has 6 nitrogen and oxygen atoms in total. The molecule has 168 valence electrons. The number of fused-ring (bicyclic) bond motifs is 2. The second kappa shape index (κ2) is 9.03. The van der Waals surface area contributed by atoms with Gasteiger partial charge in [-0.3, -0.25) is 24.2 Å². The van der Waals surface area contributed by atoms with Gasteiger partial charge in [-0.1, -0.05) is 59.9 Å². The van der Waals surface area contributed by atoms with Gasteiger partial charge in [-0.25, -0.2) is 4.98 Å². The lowest BCUT2D eigenvalue weighted by molar-refractivity contribution is 0.0672. The summed E-state index contributed by atoms with van der Waals surface area (Å²) in [6.45, 7) is 4.16. The minimum atomic E-state index is -0.412. The average molecular weight is 468 g/mol. The molecule has 0 spiro atoms. The molecule has 2 heterocycles. The number of carbonyl (C=O) groups excluding carboxylic acids is 3. The molecule has 0 N–H and O–H groups in total. The molecule has 0 atom stereocenters. The van der Waals surface area contributed by atoms with Gasteiger partial charge in [0.05, 0.1) is 21.3 Å². The predicted molar refractivity (Wildman–Crippen MR) is 133 cm³/mol. The fourth-order valence-corrected chi connectivity index (χ4v) is 5.01. The van der Waals surface area contributed by atoms with Crippen molar-refractivity contribution < 1.29 is 14.4 Å². The minimum Gasteiger partial charge on any atom is -0.284 e. The minimum absolute atomic E-state index is 0.129. The monoisotopic (exact) mass is 467 g/mol. The van der Waals surface area contributed by atoms with Crippen LogP contribution in [0, 0.1) is 0 Å². The number of rotatable bonds is 7. The van der Waals surface area contributed by atoms with Crippen molar-refractivity contribution in [2.24, 2.45) is 0 Å². The molecule has 0 saturated heterocycles. The number of hydrogen-bond donors (Lipinski definition) is 0. The molecule has 3 amide bonds. The molecule has 34 heavy (non-hydrogen) atoms. The van der Waals surface area contributed by atoms with E-state index in [-0.39, 0.29) is 23.9 Å². The normalized spacial score (nSPS) is 12.8. The SMILES string of the molecule is C=CCN1C(=O)c2ccc(C(=O)N(CCc3ccccc3)c3nc4ccccc4s3)cc2C1=O. The van der Waals surface area contributed by atoms with Crippen LogP contribution >= 0.6 is 11.3 Å². The van der Waals surface area contributed by atoms with Gasteiger partial charge in [-0.2, -0.15) is 0 Å². The molecule has 0 unspecified atom stereocenters. The number of carbonyl (C=O) groups is 3. The quantitative estimate of drug-likeness (QED) is 0.284. The zero-order chi connectivity index (χ0) is 23.7. The average Bonchev–Trinajstić information content (AvgIpc) is 3.39. The molecule has 0 bridgehead atoms. The van der Waals surface area contributed by atoms with E-state index in [2.05, 4.69) is 6.58 Å². The van der Waals surface area contributed by atoms with Crippen LogP contribution in [0.1, 0.15) is 36.6 Å². The maximum Gasteiger partial charge on any atom is 0.261 e. The van der Waals surface area contributed by atoms with Crippen molar-refractivity contribution in [2.45, 2.75) is 6.42 Å². The van der Waals surface area contributed by atoms with Crippen LogP contribution in [0.4, 0.5) is 5.13 Å². The summed E-state index contributed by atoms with van der Waals surface area (Å²) in [6, 6.07) is 22.4. The van der Waals surface area contributed by atoms with Gasteiger partial charge < -0.3 is 0 Å². The first-order valence-electron chi connectivity index (χ1n) is 10.9. The number of aromatic nitrogens is 1. The molecule has 3 aromatic carbocycles. The standard InChI is InChI=1S/C27H21N3O3S/c1-2-15-29-25(32)20-13-12-19(17-21(20)26(29)33)24(31)30(16-14-18-8-4-3-5-9-18)27-28-22-10-6-7-11-23(22)34-27/h2-13,17H,1,14-16H2. The van der Waals surface area contributed by atoms with Crippen LogP contribution in [0.2, 0.25) is 0 Å². The number of thiazole rings is 1. The van der Waals surface area contributed by atoms with E-state index in [9.17, 15) is 14.4 Å². The third-order valence-corrected chi connectivity index (χ3v) is 6.81. The molecule has 1 aliphatic rings. The van der Waals surface area contributed by atoms with E-state index in [0.29, 0.717) is 29.2 Å². The number of hydrogen-bond acceptors (Lipinski definition) is 5. The fourth-order valence-electron chi connectivity index (χ4n) is 4.02. The summed E-state index contributed by atoms with van der Waals surface area (Å²) in [4.78, 5) is 46.5. The molecule has 7 heteroatoms. The predicted octanol–water partition coefficient (Wildman–Crippen LogP) is 4.97. The maximum atomic E-state index is 13.7. The summed E-state index contributed by atoms with van der Waals surface area (Å²) in [5.74, 6) is -1.04. The van der Waals surface area contributed by atoms with Crippen molar-refractivity contribution in [2.75, 3.05) is 18.0 Å². The molecule has 0 radical (unpaired) electrons. The molecule has 1 aromatic heterocycles. The number of amides is 3. The van der Waals surface area contributed by atoms with Crippen molar-refractivity contribution in [3.05, 3.63) is 108 Å². The largest absolute Gasteiger partial charge is 0.284 e. The number of para-hydroxylation sites is 1. The number of nitrogens with zero attached hydrogens (tertiary/aromatic N) is 3. The Labute approximate surface area is 200 Å². The first-order valence-corrected chi connectivity index (χ1v) is 11.7. The Kier molecular flexibility index (Phi) is 5.77. The number of imide groups is 1. The Bertz CT molecular complexity index is 1390. The third kappa shape index (κ3) is 3.91. The second-order valence-corrected chi connectivity index (χ2v) is 8.94. The smallest absolute Gasteiger partial charge is 0.261 e. The third-order valence-electron chi connectivity index (χ3n) is 5.75. The Hall–Kier alpha value is -4.10. The lowest BCUT2D eigenvalue weighted by atomic mass is 10.0. The van der Waals surface area contributed by atoms with Gasteiger partial charge in [0.25, 0.3) is 17.7 Å². The molecule has 0 aliphatic carbocycles. The van der Waals surface area contributed by atoms with Crippen LogP contribution in [-0.2, 0) is 6.42 Å². The van der Waals surface area contributed by atoms with E-state index >= 15 is 0 Å². The Morgan fingerprint density at radius 3 is 2.47 bits per heavy atom. The van der Waals surface area contributed by atoms with E-state index in [4.69, 9.17) is 4.98 Å². The number of benzene rings is 3.